The van der Waals surface area contributed by atoms with Crippen LogP contribution in [0.1, 0.15) is 0 Å². The number of hydrogen-bond donors (Lipinski definition) is 0. The van der Waals surface area contributed by atoms with Gasteiger partial charge in [0.05, 0.1) is 31.8 Å². The van der Waals surface area contributed by atoms with E-state index >= 15 is 0 Å². The van der Waals surface area contributed by atoms with Gasteiger partial charge in [-0.05, 0) is 46.7 Å². The predicted molar refractivity (Wildman–Crippen MR) is 95.7 cm³/mol. The Balaban J connectivity index is 2.21. The zero-order valence-electron chi connectivity index (χ0n) is 14.1. The summed E-state index contributed by atoms with van der Waals surface area (Å²) in [7, 11) is 4.68. The van der Waals surface area contributed by atoms with Crippen LogP contribution in [0.5, 0.6) is 17.2 Å². The summed E-state index contributed by atoms with van der Waals surface area (Å²) in [4.78, 5) is 11.0. The van der Waals surface area contributed by atoms with Gasteiger partial charge in [0.1, 0.15) is 5.75 Å². The van der Waals surface area contributed by atoms with Gasteiger partial charge in [-0.25, -0.2) is 0 Å². The highest BCUT2D eigenvalue weighted by molar-refractivity contribution is 5.91. The topological polar surface area (TPSA) is 70.8 Å². The highest BCUT2D eigenvalue weighted by Gasteiger charge is 2.17. The van der Waals surface area contributed by atoms with Crippen molar-refractivity contribution in [1.82, 2.24) is 0 Å². The van der Waals surface area contributed by atoms with Crippen molar-refractivity contribution < 1.29 is 19.1 Å². The summed E-state index contributed by atoms with van der Waals surface area (Å²) in [6.07, 6.45) is 0. The van der Waals surface area contributed by atoms with E-state index in [1.165, 1.54) is 13.2 Å². The van der Waals surface area contributed by atoms with Crippen molar-refractivity contribution in [2.24, 2.45) is 0 Å². The van der Waals surface area contributed by atoms with E-state index in [0.717, 1.165) is 16.3 Å². The molecule has 0 heterocycles. The number of fused-ring (bicyclic) bond motifs is 1. The van der Waals surface area contributed by atoms with Crippen LogP contribution < -0.4 is 14.2 Å². The molecule has 0 radical (unpaired) electrons. The average molecular weight is 339 g/mol. The van der Waals surface area contributed by atoms with Crippen LogP contribution in [-0.4, -0.2) is 26.3 Å². The normalized spacial score (nSPS) is 10.5. The lowest BCUT2D eigenvalue weighted by atomic mass is 9.99. The first-order valence-electron chi connectivity index (χ1n) is 7.56. The van der Waals surface area contributed by atoms with Gasteiger partial charge in [-0.2, -0.15) is 0 Å². The number of rotatable bonds is 5. The molecule has 0 unspecified atom stereocenters. The van der Waals surface area contributed by atoms with E-state index in [4.69, 9.17) is 14.2 Å². The maximum Gasteiger partial charge on any atom is 0.277 e. The van der Waals surface area contributed by atoms with E-state index in [1.54, 1.807) is 26.4 Å². The van der Waals surface area contributed by atoms with Crippen LogP contribution in [0.3, 0.4) is 0 Å². The average Bonchev–Trinajstić information content (AvgIpc) is 2.65. The smallest absolute Gasteiger partial charge is 0.277 e. The van der Waals surface area contributed by atoms with Gasteiger partial charge in [0.15, 0.2) is 11.5 Å². The molecule has 0 saturated heterocycles. The predicted octanol–water partition coefficient (Wildman–Crippen LogP) is 4.44. The van der Waals surface area contributed by atoms with E-state index in [0.29, 0.717) is 22.8 Å². The number of hydrogen-bond acceptors (Lipinski definition) is 5. The minimum Gasteiger partial charge on any atom is -0.497 e. The van der Waals surface area contributed by atoms with Crippen molar-refractivity contribution in [2.45, 2.75) is 0 Å². The minimum atomic E-state index is -0.395. The van der Waals surface area contributed by atoms with E-state index < -0.39 is 4.92 Å². The fraction of sp³-hybridized carbons (Fsp3) is 0.158. The number of benzene rings is 3. The Hall–Kier alpha value is -3.28. The lowest BCUT2D eigenvalue weighted by Gasteiger charge is -2.11. The summed E-state index contributed by atoms with van der Waals surface area (Å²) in [5.74, 6) is 1.80. The molecule has 3 rings (SSSR count). The van der Waals surface area contributed by atoms with Gasteiger partial charge in [-0.3, -0.25) is 10.1 Å². The molecule has 0 spiro atoms. The molecule has 0 amide bonds. The molecular formula is C19H17NO5. The van der Waals surface area contributed by atoms with Gasteiger partial charge in [0.2, 0.25) is 0 Å². The number of nitro benzene ring substituents is 1. The number of nitrogens with zero attached hydrogens (tertiary/aromatic N) is 1. The number of ether oxygens (including phenoxy) is 3. The second-order valence-corrected chi connectivity index (χ2v) is 5.41. The van der Waals surface area contributed by atoms with Crippen LogP contribution >= 0.6 is 0 Å². The van der Waals surface area contributed by atoms with Gasteiger partial charge in [0.25, 0.3) is 5.69 Å². The van der Waals surface area contributed by atoms with Gasteiger partial charge in [-0.1, -0.05) is 12.1 Å². The van der Waals surface area contributed by atoms with Crippen LogP contribution in [0.25, 0.3) is 21.9 Å². The Labute approximate surface area is 144 Å². The molecule has 0 aliphatic heterocycles. The fourth-order valence-corrected chi connectivity index (χ4v) is 2.78. The molecule has 0 aromatic heterocycles. The summed E-state index contributed by atoms with van der Waals surface area (Å²) < 4.78 is 15.9. The van der Waals surface area contributed by atoms with Crippen LogP contribution in [0.4, 0.5) is 5.69 Å². The molecule has 3 aromatic carbocycles. The first-order valence-corrected chi connectivity index (χ1v) is 7.56. The second kappa shape index (κ2) is 6.68. The van der Waals surface area contributed by atoms with E-state index in [2.05, 4.69) is 0 Å². The second-order valence-electron chi connectivity index (χ2n) is 5.41. The zero-order valence-corrected chi connectivity index (χ0v) is 14.1. The Morgan fingerprint density at radius 2 is 1.48 bits per heavy atom. The molecule has 6 heteroatoms. The Morgan fingerprint density at radius 1 is 0.800 bits per heavy atom. The number of methoxy groups -OCH3 is 3. The largest absolute Gasteiger partial charge is 0.497 e. The minimum absolute atomic E-state index is 0.0284. The lowest BCUT2D eigenvalue weighted by Crippen LogP contribution is -1.94. The molecule has 0 atom stereocenters. The molecule has 0 bridgehead atoms. The maximum atomic E-state index is 11.4. The van der Waals surface area contributed by atoms with E-state index in [9.17, 15) is 10.1 Å². The molecule has 25 heavy (non-hydrogen) atoms. The van der Waals surface area contributed by atoms with E-state index in [1.807, 2.05) is 30.3 Å². The standard InChI is InChI=1S/C19H17NO5/c1-23-15-6-7-17(20(21)22)16(11-15)13-5-4-12-9-18(24-2)19(25-3)10-14(12)8-13/h4-11H,1-3H3. The van der Waals surface area contributed by atoms with Crippen molar-refractivity contribution >= 4 is 16.5 Å². The maximum absolute atomic E-state index is 11.4. The Morgan fingerprint density at radius 3 is 2.08 bits per heavy atom. The number of nitro groups is 1. The van der Waals surface area contributed by atoms with Crippen molar-refractivity contribution in [2.75, 3.05) is 21.3 Å². The van der Waals surface area contributed by atoms with Gasteiger partial charge in [0, 0.05) is 6.07 Å². The third-order valence-electron chi connectivity index (χ3n) is 4.05. The van der Waals surface area contributed by atoms with Gasteiger partial charge < -0.3 is 14.2 Å². The Bertz CT molecular complexity index is 952. The van der Waals surface area contributed by atoms with Crippen LogP contribution in [0.15, 0.2) is 48.5 Å². The van der Waals surface area contributed by atoms with Crippen LogP contribution in [0, 0.1) is 10.1 Å². The zero-order chi connectivity index (χ0) is 18.0. The van der Waals surface area contributed by atoms with Crippen molar-refractivity contribution in [3.63, 3.8) is 0 Å². The van der Waals surface area contributed by atoms with E-state index in [-0.39, 0.29) is 5.69 Å². The lowest BCUT2D eigenvalue weighted by molar-refractivity contribution is -0.384. The summed E-state index contributed by atoms with van der Waals surface area (Å²) in [5, 5.41) is 13.2. The molecule has 0 N–H and O–H groups in total. The van der Waals surface area contributed by atoms with Crippen molar-refractivity contribution in [3.8, 4) is 28.4 Å². The molecule has 0 saturated carbocycles. The first kappa shape index (κ1) is 16.6. The molecule has 128 valence electrons. The quantitative estimate of drug-likeness (QED) is 0.507. The molecule has 6 nitrogen and oxygen atoms in total. The summed E-state index contributed by atoms with van der Waals surface area (Å²) >= 11 is 0. The third-order valence-corrected chi connectivity index (χ3v) is 4.05. The van der Waals surface area contributed by atoms with Gasteiger partial charge >= 0.3 is 0 Å². The first-order chi connectivity index (χ1) is 12.1. The van der Waals surface area contributed by atoms with Gasteiger partial charge in [-0.15, -0.1) is 0 Å². The molecule has 0 fully saturated rings. The third kappa shape index (κ3) is 3.06. The summed E-state index contributed by atoms with van der Waals surface area (Å²) in [5.41, 5.74) is 1.26. The summed E-state index contributed by atoms with van der Waals surface area (Å²) in [6.45, 7) is 0. The van der Waals surface area contributed by atoms with Crippen molar-refractivity contribution in [3.05, 3.63) is 58.6 Å². The fourth-order valence-electron chi connectivity index (χ4n) is 2.78. The SMILES string of the molecule is COc1ccc([N+](=O)[O-])c(-c2ccc3cc(OC)c(OC)cc3c2)c1. The molecular weight excluding hydrogens is 322 g/mol. The molecule has 3 aromatic rings. The van der Waals surface area contributed by atoms with Crippen molar-refractivity contribution in [1.29, 1.82) is 0 Å². The highest BCUT2D eigenvalue weighted by Crippen LogP contribution is 2.37. The highest BCUT2D eigenvalue weighted by atomic mass is 16.6. The molecule has 0 aliphatic carbocycles. The van der Waals surface area contributed by atoms with Crippen LogP contribution in [-0.2, 0) is 0 Å². The molecule has 0 aliphatic rings. The summed E-state index contributed by atoms with van der Waals surface area (Å²) in [6, 6.07) is 14.1. The van der Waals surface area contributed by atoms with Crippen LogP contribution in [0.2, 0.25) is 0 Å². The monoisotopic (exact) mass is 339 g/mol. The Kier molecular flexibility index (Phi) is 4.43.